The van der Waals surface area contributed by atoms with Crippen molar-refractivity contribution in [2.75, 3.05) is 5.32 Å². The predicted octanol–water partition coefficient (Wildman–Crippen LogP) is 4.98. The minimum atomic E-state index is 0.450. The molecule has 128 valence electrons. The van der Waals surface area contributed by atoms with E-state index in [9.17, 15) is 0 Å². The van der Waals surface area contributed by atoms with E-state index < -0.39 is 0 Å². The molecule has 0 radical (unpaired) electrons. The number of hydrogen-bond donors (Lipinski definition) is 2. The monoisotopic (exact) mass is 324 g/mol. The summed E-state index contributed by atoms with van der Waals surface area (Å²) in [5.74, 6) is 2.20. The van der Waals surface area contributed by atoms with Crippen LogP contribution in [0.5, 0.6) is 0 Å². The lowest BCUT2D eigenvalue weighted by Crippen LogP contribution is -2.31. The van der Waals surface area contributed by atoms with Gasteiger partial charge in [0.2, 0.25) is 0 Å². The molecular weight excluding hydrogens is 296 g/mol. The van der Waals surface area contributed by atoms with Crippen molar-refractivity contribution >= 4 is 12.0 Å². The fourth-order valence-electron chi connectivity index (χ4n) is 3.69. The number of aromatic amines is 1. The molecule has 4 heteroatoms. The molecule has 3 unspecified atom stereocenters. The van der Waals surface area contributed by atoms with Gasteiger partial charge in [-0.05, 0) is 48.3 Å². The third-order valence-corrected chi connectivity index (χ3v) is 5.18. The number of aliphatic imine (C=N–C) groups is 1. The molecule has 0 saturated heterocycles. The molecule has 1 aromatic carbocycles. The van der Waals surface area contributed by atoms with E-state index in [1.165, 1.54) is 19.3 Å². The Morgan fingerprint density at radius 3 is 2.71 bits per heavy atom. The number of anilines is 1. The highest BCUT2D eigenvalue weighted by atomic mass is 15.0. The van der Waals surface area contributed by atoms with E-state index in [2.05, 4.69) is 60.3 Å². The van der Waals surface area contributed by atoms with Crippen molar-refractivity contribution in [3.05, 3.63) is 36.8 Å². The lowest BCUT2D eigenvalue weighted by Gasteiger charge is -2.34. The van der Waals surface area contributed by atoms with Gasteiger partial charge in [0.1, 0.15) is 0 Å². The smallest absolute Gasteiger partial charge is 0.0924 e. The Morgan fingerprint density at radius 2 is 2.04 bits per heavy atom. The molecule has 1 saturated carbocycles. The fraction of sp³-hybridized carbons (Fsp3) is 0.500. The Hall–Kier alpha value is -2.10. The molecular formula is C20H28N4. The van der Waals surface area contributed by atoms with Crippen molar-refractivity contribution in [2.45, 2.75) is 46.1 Å². The summed E-state index contributed by atoms with van der Waals surface area (Å²) in [5, 5.41) is 3.32. The number of aromatic nitrogens is 2. The standard InChI is InChI=1S/C20H28N4/c1-14(2)18-9-4-15(3)10-19(18)24-13-22-17-7-5-16(6-8-17)20-11-21-12-23-20/h5-8,11-15,18-19H,4,9-10H2,1-3H3,(H,21,23)(H,22,24). The maximum absolute atomic E-state index is 4.85. The number of benzene rings is 1. The minimum Gasteiger partial charge on any atom is -0.347 e. The van der Waals surface area contributed by atoms with Gasteiger partial charge in [0.05, 0.1) is 30.6 Å². The van der Waals surface area contributed by atoms with Crippen LogP contribution in [0.1, 0.15) is 40.0 Å². The van der Waals surface area contributed by atoms with Gasteiger partial charge in [-0.1, -0.05) is 39.3 Å². The third-order valence-electron chi connectivity index (χ3n) is 5.18. The zero-order chi connectivity index (χ0) is 16.9. The van der Waals surface area contributed by atoms with Crippen molar-refractivity contribution in [3.63, 3.8) is 0 Å². The number of rotatable bonds is 5. The van der Waals surface area contributed by atoms with Crippen LogP contribution in [0.3, 0.4) is 0 Å². The first-order valence-corrected chi connectivity index (χ1v) is 9.00. The summed E-state index contributed by atoms with van der Waals surface area (Å²) < 4.78 is 0. The van der Waals surface area contributed by atoms with Gasteiger partial charge in [0.15, 0.2) is 0 Å². The van der Waals surface area contributed by atoms with E-state index in [0.717, 1.165) is 22.9 Å². The van der Waals surface area contributed by atoms with Gasteiger partial charge in [-0.25, -0.2) is 4.98 Å². The molecule has 1 heterocycles. The van der Waals surface area contributed by atoms with Gasteiger partial charge < -0.3 is 10.3 Å². The predicted molar refractivity (Wildman–Crippen MR) is 101 cm³/mol. The lowest BCUT2D eigenvalue weighted by atomic mass is 9.74. The third kappa shape index (κ3) is 4.05. The topological polar surface area (TPSA) is 53.1 Å². The van der Waals surface area contributed by atoms with Crippen LogP contribution in [0.25, 0.3) is 11.3 Å². The van der Waals surface area contributed by atoms with Crippen molar-refractivity contribution < 1.29 is 0 Å². The molecule has 0 aliphatic heterocycles. The molecule has 1 fully saturated rings. The van der Waals surface area contributed by atoms with Crippen LogP contribution in [0.15, 0.2) is 41.8 Å². The van der Waals surface area contributed by atoms with Crippen molar-refractivity contribution in [2.24, 2.45) is 22.7 Å². The molecule has 1 aliphatic rings. The van der Waals surface area contributed by atoms with Crippen LogP contribution in [-0.2, 0) is 0 Å². The van der Waals surface area contributed by atoms with E-state index in [1.54, 1.807) is 6.33 Å². The summed E-state index contributed by atoms with van der Waals surface area (Å²) >= 11 is 0. The molecule has 1 aliphatic carbocycles. The van der Waals surface area contributed by atoms with Crippen LogP contribution >= 0.6 is 0 Å². The SMILES string of the molecule is CC1CCC(C(C)C)C(N=CNc2ccc(-c3cnc[nH]3)cc2)C1. The van der Waals surface area contributed by atoms with E-state index in [0.29, 0.717) is 17.9 Å². The number of hydrogen-bond acceptors (Lipinski definition) is 2. The molecule has 2 N–H and O–H groups in total. The highest BCUT2D eigenvalue weighted by Crippen LogP contribution is 2.35. The Morgan fingerprint density at radius 1 is 1.25 bits per heavy atom. The van der Waals surface area contributed by atoms with E-state index >= 15 is 0 Å². The number of nitrogens with zero attached hydrogens (tertiary/aromatic N) is 2. The number of imidazole rings is 1. The van der Waals surface area contributed by atoms with E-state index in [4.69, 9.17) is 4.99 Å². The summed E-state index contributed by atoms with van der Waals surface area (Å²) in [4.78, 5) is 12.0. The molecule has 1 aromatic heterocycles. The van der Waals surface area contributed by atoms with Crippen molar-refractivity contribution in [1.29, 1.82) is 0 Å². The minimum absolute atomic E-state index is 0.450. The van der Waals surface area contributed by atoms with Gasteiger partial charge in [0, 0.05) is 5.69 Å². The Bertz CT molecular complexity index is 643. The first kappa shape index (κ1) is 16.7. The van der Waals surface area contributed by atoms with Gasteiger partial charge in [-0.2, -0.15) is 0 Å². The maximum atomic E-state index is 4.85. The lowest BCUT2D eigenvalue weighted by molar-refractivity contribution is 0.201. The van der Waals surface area contributed by atoms with Crippen LogP contribution in [0, 0.1) is 17.8 Å². The summed E-state index contributed by atoms with van der Waals surface area (Å²) in [6.45, 7) is 7.00. The van der Waals surface area contributed by atoms with Crippen molar-refractivity contribution in [3.8, 4) is 11.3 Å². The molecule has 2 aromatic rings. The number of nitrogens with one attached hydrogen (secondary N) is 2. The van der Waals surface area contributed by atoms with E-state index in [1.807, 2.05) is 12.5 Å². The average molecular weight is 324 g/mol. The molecule has 4 nitrogen and oxygen atoms in total. The Kier molecular flexibility index (Phi) is 5.34. The van der Waals surface area contributed by atoms with E-state index in [-0.39, 0.29) is 0 Å². The zero-order valence-corrected chi connectivity index (χ0v) is 14.9. The molecule has 0 spiro atoms. The van der Waals surface area contributed by atoms with Crippen LogP contribution in [0.2, 0.25) is 0 Å². The van der Waals surface area contributed by atoms with Crippen LogP contribution in [0.4, 0.5) is 5.69 Å². The summed E-state index contributed by atoms with van der Waals surface area (Å²) in [6.07, 6.45) is 9.28. The first-order chi connectivity index (χ1) is 11.6. The van der Waals surface area contributed by atoms with Gasteiger partial charge >= 0.3 is 0 Å². The Labute approximate surface area is 144 Å². The fourth-order valence-corrected chi connectivity index (χ4v) is 3.69. The quantitative estimate of drug-likeness (QED) is 0.602. The van der Waals surface area contributed by atoms with Crippen LogP contribution < -0.4 is 5.32 Å². The highest BCUT2D eigenvalue weighted by Gasteiger charge is 2.29. The molecule has 0 amide bonds. The molecule has 3 atom stereocenters. The summed E-state index contributed by atoms with van der Waals surface area (Å²) in [6, 6.07) is 8.77. The van der Waals surface area contributed by atoms with Gasteiger partial charge in [-0.15, -0.1) is 0 Å². The van der Waals surface area contributed by atoms with Gasteiger partial charge in [0.25, 0.3) is 0 Å². The second kappa shape index (κ2) is 7.65. The Balaban J connectivity index is 1.60. The second-order valence-corrected chi connectivity index (χ2v) is 7.36. The first-order valence-electron chi connectivity index (χ1n) is 9.00. The molecule has 0 bridgehead atoms. The summed E-state index contributed by atoms with van der Waals surface area (Å²) in [7, 11) is 0. The maximum Gasteiger partial charge on any atom is 0.0924 e. The second-order valence-electron chi connectivity index (χ2n) is 7.36. The normalized spacial score (nSPS) is 24.6. The largest absolute Gasteiger partial charge is 0.347 e. The molecule has 24 heavy (non-hydrogen) atoms. The van der Waals surface area contributed by atoms with Gasteiger partial charge in [-0.3, -0.25) is 4.99 Å². The summed E-state index contributed by atoms with van der Waals surface area (Å²) in [5.41, 5.74) is 3.23. The van der Waals surface area contributed by atoms with Crippen molar-refractivity contribution in [1.82, 2.24) is 9.97 Å². The van der Waals surface area contributed by atoms with Crippen LogP contribution in [-0.4, -0.2) is 22.3 Å². The molecule has 3 rings (SSSR count). The highest BCUT2D eigenvalue weighted by molar-refractivity contribution is 5.76. The number of H-pyrrole nitrogens is 1. The average Bonchev–Trinajstić information content (AvgIpc) is 3.10. The zero-order valence-electron chi connectivity index (χ0n) is 14.9.